The highest BCUT2D eigenvalue weighted by Crippen LogP contribution is 2.25. The zero-order valence-corrected chi connectivity index (χ0v) is 9.76. The van der Waals surface area contributed by atoms with Crippen molar-refractivity contribution in [1.29, 1.82) is 0 Å². The van der Waals surface area contributed by atoms with Gasteiger partial charge in [0.15, 0.2) is 0 Å². The number of terminal acetylenes is 1. The van der Waals surface area contributed by atoms with E-state index in [4.69, 9.17) is 11.2 Å². The lowest BCUT2D eigenvalue weighted by Crippen LogP contribution is -2.56. The molecule has 1 rings (SSSR count). The lowest BCUT2D eigenvalue weighted by Gasteiger charge is -2.45. The SMILES string of the molecule is C#CC(C)(C)N1CCOC(C)(CC)C1. The molecule has 1 unspecified atom stereocenters. The largest absolute Gasteiger partial charge is 0.373 e. The normalized spacial score (nSPS) is 29.9. The molecule has 0 aromatic carbocycles. The summed E-state index contributed by atoms with van der Waals surface area (Å²) in [5.74, 6) is 2.84. The Labute approximate surface area is 87.6 Å². The third-order valence-electron chi connectivity index (χ3n) is 3.23. The van der Waals surface area contributed by atoms with Gasteiger partial charge >= 0.3 is 0 Å². The molecule has 0 radical (unpaired) electrons. The van der Waals surface area contributed by atoms with Gasteiger partial charge in [0.25, 0.3) is 0 Å². The van der Waals surface area contributed by atoms with Crippen LogP contribution in [0.3, 0.4) is 0 Å². The lowest BCUT2D eigenvalue weighted by molar-refractivity contribution is -0.114. The average Bonchev–Trinajstić information content (AvgIpc) is 2.18. The van der Waals surface area contributed by atoms with E-state index in [1.165, 1.54) is 0 Å². The maximum Gasteiger partial charge on any atom is 0.0779 e. The van der Waals surface area contributed by atoms with Gasteiger partial charge in [-0.1, -0.05) is 12.8 Å². The summed E-state index contributed by atoms with van der Waals surface area (Å²) in [7, 11) is 0. The van der Waals surface area contributed by atoms with Crippen LogP contribution in [-0.4, -0.2) is 35.7 Å². The summed E-state index contributed by atoms with van der Waals surface area (Å²) in [5, 5.41) is 0. The van der Waals surface area contributed by atoms with Crippen LogP contribution < -0.4 is 0 Å². The smallest absolute Gasteiger partial charge is 0.0779 e. The van der Waals surface area contributed by atoms with Crippen LogP contribution in [0.4, 0.5) is 0 Å². The second-order valence-corrected chi connectivity index (χ2v) is 4.78. The molecular formula is C12H21NO. The molecule has 1 fully saturated rings. The molecule has 1 heterocycles. The maximum absolute atomic E-state index is 5.77. The Morgan fingerprint density at radius 1 is 1.57 bits per heavy atom. The summed E-state index contributed by atoms with van der Waals surface area (Å²) in [6.45, 7) is 11.2. The monoisotopic (exact) mass is 195 g/mol. The van der Waals surface area contributed by atoms with Crippen LogP contribution in [0.25, 0.3) is 0 Å². The van der Waals surface area contributed by atoms with E-state index in [1.807, 2.05) is 0 Å². The molecule has 0 aromatic heterocycles. The van der Waals surface area contributed by atoms with Crippen molar-refractivity contribution >= 4 is 0 Å². The van der Waals surface area contributed by atoms with Crippen molar-refractivity contribution in [3.63, 3.8) is 0 Å². The Kier molecular flexibility index (Phi) is 3.24. The summed E-state index contributed by atoms with van der Waals surface area (Å²) in [6, 6.07) is 0. The van der Waals surface area contributed by atoms with E-state index >= 15 is 0 Å². The fourth-order valence-electron chi connectivity index (χ4n) is 1.71. The molecule has 0 amide bonds. The van der Waals surface area contributed by atoms with Crippen molar-refractivity contribution in [2.75, 3.05) is 19.7 Å². The highest BCUT2D eigenvalue weighted by Gasteiger charge is 2.36. The highest BCUT2D eigenvalue weighted by molar-refractivity contribution is 5.10. The second kappa shape index (κ2) is 3.92. The van der Waals surface area contributed by atoms with E-state index < -0.39 is 0 Å². The Balaban J connectivity index is 2.71. The van der Waals surface area contributed by atoms with Gasteiger partial charge in [-0.3, -0.25) is 4.90 Å². The minimum Gasteiger partial charge on any atom is -0.373 e. The van der Waals surface area contributed by atoms with Gasteiger partial charge in [0.2, 0.25) is 0 Å². The Morgan fingerprint density at radius 2 is 2.21 bits per heavy atom. The van der Waals surface area contributed by atoms with Gasteiger partial charge in [-0.25, -0.2) is 0 Å². The number of ether oxygens (including phenoxy) is 1. The average molecular weight is 195 g/mol. The van der Waals surface area contributed by atoms with Gasteiger partial charge in [0.1, 0.15) is 0 Å². The van der Waals surface area contributed by atoms with Crippen LogP contribution in [-0.2, 0) is 4.74 Å². The summed E-state index contributed by atoms with van der Waals surface area (Å²) in [4.78, 5) is 2.33. The van der Waals surface area contributed by atoms with Gasteiger partial charge in [0, 0.05) is 13.1 Å². The molecule has 2 nitrogen and oxygen atoms in total. The van der Waals surface area contributed by atoms with Gasteiger partial charge in [-0.2, -0.15) is 0 Å². The summed E-state index contributed by atoms with van der Waals surface area (Å²) in [6.07, 6.45) is 6.57. The first-order chi connectivity index (χ1) is 6.43. The third-order valence-corrected chi connectivity index (χ3v) is 3.23. The zero-order chi connectivity index (χ0) is 10.8. The maximum atomic E-state index is 5.77. The van der Waals surface area contributed by atoms with Crippen molar-refractivity contribution in [3.05, 3.63) is 0 Å². The number of hydrogen-bond donors (Lipinski definition) is 0. The Morgan fingerprint density at radius 3 is 2.71 bits per heavy atom. The molecule has 1 saturated heterocycles. The standard InChI is InChI=1S/C12H21NO/c1-6-11(3,4)13-8-9-14-12(5,7-2)10-13/h1H,7-10H2,2-5H3. The molecule has 14 heavy (non-hydrogen) atoms. The van der Waals surface area contributed by atoms with Crippen LogP contribution in [0.15, 0.2) is 0 Å². The highest BCUT2D eigenvalue weighted by atomic mass is 16.5. The first kappa shape index (κ1) is 11.6. The minimum absolute atomic E-state index is 0.0215. The second-order valence-electron chi connectivity index (χ2n) is 4.78. The Bertz CT molecular complexity index is 241. The molecule has 0 aromatic rings. The number of hydrogen-bond acceptors (Lipinski definition) is 2. The van der Waals surface area contributed by atoms with Crippen molar-refractivity contribution in [3.8, 4) is 12.3 Å². The summed E-state index contributed by atoms with van der Waals surface area (Å²) < 4.78 is 5.77. The van der Waals surface area contributed by atoms with E-state index in [0.717, 1.165) is 26.1 Å². The first-order valence-electron chi connectivity index (χ1n) is 5.30. The summed E-state index contributed by atoms with van der Waals surface area (Å²) >= 11 is 0. The number of morpholine rings is 1. The van der Waals surface area contributed by atoms with E-state index in [1.54, 1.807) is 0 Å². The van der Waals surface area contributed by atoms with Crippen molar-refractivity contribution < 1.29 is 4.74 Å². The van der Waals surface area contributed by atoms with Crippen molar-refractivity contribution in [2.24, 2.45) is 0 Å². The van der Waals surface area contributed by atoms with Crippen LogP contribution in [0.2, 0.25) is 0 Å². The number of nitrogens with zero attached hydrogens (tertiary/aromatic N) is 1. The van der Waals surface area contributed by atoms with Gasteiger partial charge in [-0.15, -0.1) is 6.42 Å². The van der Waals surface area contributed by atoms with Gasteiger partial charge < -0.3 is 4.74 Å². The fraction of sp³-hybridized carbons (Fsp3) is 0.833. The molecule has 0 N–H and O–H groups in total. The topological polar surface area (TPSA) is 12.5 Å². The van der Waals surface area contributed by atoms with Gasteiger partial charge in [0.05, 0.1) is 17.7 Å². The lowest BCUT2D eigenvalue weighted by atomic mass is 9.95. The van der Waals surface area contributed by atoms with Crippen LogP contribution in [0.1, 0.15) is 34.1 Å². The molecule has 0 saturated carbocycles. The zero-order valence-electron chi connectivity index (χ0n) is 9.76. The molecule has 0 spiro atoms. The van der Waals surface area contributed by atoms with E-state index in [9.17, 15) is 0 Å². The molecule has 0 bridgehead atoms. The van der Waals surface area contributed by atoms with Crippen LogP contribution in [0, 0.1) is 12.3 Å². The van der Waals surface area contributed by atoms with E-state index in [-0.39, 0.29) is 11.1 Å². The molecule has 1 atom stereocenters. The molecular weight excluding hydrogens is 174 g/mol. The van der Waals surface area contributed by atoms with Crippen molar-refractivity contribution in [1.82, 2.24) is 4.90 Å². The first-order valence-corrected chi connectivity index (χ1v) is 5.30. The van der Waals surface area contributed by atoms with Gasteiger partial charge in [-0.05, 0) is 27.2 Å². The molecule has 1 aliphatic heterocycles. The van der Waals surface area contributed by atoms with Crippen LogP contribution in [0.5, 0.6) is 0 Å². The van der Waals surface area contributed by atoms with Crippen molar-refractivity contribution in [2.45, 2.75) is 45.3 Å². The number of rotatable bonds is 2. The molecule has 80 valence electrons. The Hall–Kier alpha value is -0.520. The molecule has 0 aliphatic carbocycles. The van der Waals surface area contributed by atoms with Crippen LogP contribution >= 0.6 is 0 Å². The fourth-order valence-corrected chi connectivity index (χ4v) is 1.71. The molecule has 1 aliphatic rings. The third kappa shape index (κ3) is 2.29. The predicted molar refractivity (Wildman–Crippen MR) is 59.1 cm³/mol. The minimum atomic E-state index is -0.153. The summed E-state index contributed by atoms with van der Waals surface area (Å²) in [5.41, 5.74) is -0.174. The molecule has 2 heteroatoms. The predicted octanol–water partition coefficient (Wildman–Crippen LogP) is 1.90. The van der Waals surface area contributed by atoms with E-state index in [2.05, 4.69) is 38.5 Å². The van der Waals surface area contributed by atoms with E-state index in [0.29, 0.717) is 0 Å². The quantitative estimate of drug-likeness (QED) is 0.624.